The summed E-state index contributed by atoms with van der Waals surface area (Å²) in [6.07, 6.45) is -8.37. The molecule has 13 heteroatoms. The molecule has 2 rings (SSSR count). The first kappa shape index (κ1) is 28.8. The van der Waals surface area contributed by atoms with Gasteiger partial charge in [0.1, 0.15) is 6.04 Å². The van der Waals surface area contributed by atoms with Gasteiger partial charge in [0, 0.05) is 0 Å². The molecule has 2 amide bonds. The second kappa shape index (κ2) is 11.1. The van der Waals surface area contributed by atoms with Crippen molar-refractivity contribution < 1.29 is 35.9 Å². The maximum Gasteiger partial charge on any atom is 0.417 e. The average Bonchev–Trinajstić information content (AvgIpc) is 2.73. The molecule has 1 unspecified atom stereocenters. The summed E-state index contributed by atoms with van der Waals surface area (Å²) >= 11 is 17.4. The summed E-state index contributed by atoms with van der Waals surface area (Å²) in [5.74, 6) is -4.42. The van der Waals surface area contributed by atoms with Gasteiger partial charge in [-0.05, 0) is 41.8 Å². The minimum absolute atomic E-state index is 0.0425. The standard InChI is InChI=1S/C22H17Cl3F6N2O2/c1-2-17(19(32)34)33-20(35)12-5-3-10(7-14(12)22(29,30)31)4-6-13(21(26,27)28)11-8-15(23)18(25)16(24)9-11/h3-9,13,17H,2H2,1H3,(H2,32,34)(H,33,35)/t13?,17-/m1/s1. The zero-order valence-electron chi connectivity index (χ0n) is 17.7. The molecule has 35 heavy (non-hydrogen) atoms. The summed E-state index contributed by atoms with van der Waals surface area (Å²) < 4.78 is 82.0. The molecule has 0 radical (unpaired) electrons. The van der Waals surface area contributed by atoms with E-state index in [0.29, 0.717) is 12.1 Å². The van der Waals surface area contributed by atoms with Crippen molar-refractivity contribution in [2.75, 3.05) is 0 Å². The Hall–Kier alpha value is -2.43. The number of carbonyl (C=O) groups excluding carboxylic acids is 2. The summed E-state index contributed by atoms with van der Waals surface area (Å²) in [7, 11) is 0. The fourth-order valence-electron chi connectivity index (χ4n) is 3.08. The molecule has 2 aromatic carbocycles. The molecule has 3 N–H and O–H groups in total. The monoisotopic (exact) mass is 560 g/mol. The molecule has 2 aromatic rings. The molecule has 0 aliphatic carbocycles. The third-order valence-corrected chi connectivity index (χ3v) is 6.05. The van der Waals surface area contributed by atoms with Gasteiger partial charge < -0.3 is 11.1 Å². The molecule has 0 aromatic heterocycles. The van der Waals surface area contributed by atoms with E-state index in [9.17, 15) is 35.9 Å². The number of alkyl halides is 6. The van der Waals surface area contributed by atoms with E-state index in [1.807, 2.05) is 0 Å². The van der Waals surface area contributed by atoms with Gasteiger partial charge in [0.15, 0.2) is 0 Å². The first-order valence-electron chi connectivity index (χ1n) is 9.77. The quantitative estimate of drug-likeness (QED) is 0.282. The fraction of sp³-hybridized carbons (Fsp3) is 0.273. The van der Waals surface area contributed by atoms with E-state index >= 15 is 0 Å². The fourth-order valence-corrected chi connectivity index (χ4v) is 3.69. The van der Waals surface area contributed by atoms with Gasteiger partial charge in [-0.15, -0.1) is 0 Å². The molecule has 0 spiro atoms. The Morgan fingerprint density at radius 3 is 2.06 bits per heavy atom. The van der Waals surface area contributed by atoms with Crippen LogP contribution in [0.2, 0.25) is 15.1 Å². The van der Waals surface area contributed by atoms with Crippen molar-refractivity contribution in [3.63, 3.8) is 0 Å². The highest BCUT2D eigenvalue weighted by molar-refractivity contribution is 6.48. The first-order valence-corrected chi connectivity index (χ1v) is 10.9. The van der Waals surface area contributed by atoms with Crippen molar-refractivity contribution in [2.24, 2.45) is 5.73 Å². The van der Waals surface area contributed by atoms with Crippen LogP contribution in [0, 0.1) is 0 Å². The minimum atomic E-state index is -5.02. The van der Waals surface area contributed by atoms with Gasteiger partial charge in [-0.2, -0.15) is 26.3 Å². The smallest absolute Gasteiger partial charge is 0.368 e. The van der Waals surface area contributed by atoms with E-state index in [1.165, 1.54) is 6.92 Å². The van der Waals surface area contributed by atoms with Crippen molar-refractivity contribution in [3.05, 3.63) is 73.7 Å². The lowest BCUT2D eigenvalue weighted by Crippen LogP contribution is -2.44. The topological polar surface area (TPSA) is 72.2 Å². The first-order chi connectivity index (χ1) is 16.1. The zero-order chi connectivity index (χ0) is 26.7. The average molecular weight is 562 g/mol. The lowest BCUT2D eigenvalue weighted by Gasteiger charge is -2.19. The minimum Gasteiger partial charge on any atom is -0.368 e. The molecular weight excluding hydrogens is 545 g/mol. The van der Waals surface area contributed by atoms with Gasteiger partial charge in [0.2, 0.25) is 5.91 Å². The Morgan fingerprint density at radius 1 is 1.03 bits per heavy atom. The van der Waals surface area contributed by atoms with E-state index in [-0.39, 0.29) is 32.6 Å². The van der Waals surface area contributed by atoms with Crippen molar-refractivity contribution in [3.8, 4) is 0 Å². The van der Waals surface area contributed by atoms with Crippen LogP contribution < -0.4 is 11.1 Å². The van der Waals surface area contributed by atoms with Crippen LogP contribution in [-0.4, -0.2) is 24.0 Å². The predicted octanol–water partition coefficient (Wildman–Crippen LogP) is 7.02. The van der Waals surface area contributed by atoms with Gasteiger partial charge in [-0.3, -0.25) is 9.59 Å². The molecule has 0 aliphatic rings. The van der Waals surface area contributed by atoms with E-state index < -0.39 is 47.3 Å². The Morgan fingerprint density at radius 2 is 1.60 bits per heavy atom. The molecule has 0 bridgehead atoms. The van der Waals surface area contributed by atoms with Crippen molar-refractivity contribution in [1.82, 2.24) is 5.32 Å². The van der Waals surface area contributed by atoms with Gasteiger partial charge in [0.05, 0.1) is 32.1 Å². The summed E-state index contributed by atoms with van der Waals surface area (Å²) in [5.41, 5.74) is 2.23. The van der Waals surface area contributed by atoms with Crippen molar-refractivity contribution in [2.45, 2.75) is 37.7 Å². The predicted molar refractivity (Wildman–Crippen MR) is 121 cm³/mol. The van der Waals surface area contributed by atoms with Crippen LogP contribution in [0.15, 0.2) is 36.4 Å². The number of hydrogen-bond acceptors (Lipinski definition) is 2. The maximum atomic E-state index is 13.7. The second-order valence-electron chi connectivity index (χ2n) is 7.32. The lowest BCUT2D eigenvalue weighted by molar-refractivity contribution is -0.139. The van der Waals surface area contributed by atoms with Crippen molar-refractivity contribution >= 4 is 52.7 Å². The van der Waals surface area contributed by atoms with Crippen LogP contribution in [0.1, 0.15) is 46.3 Å². The third-order valence-electron chi connectivity index (χ3n) is 4.85. The normalized spacial score (nSPS) is 14.1. The van der Waals surface area contributed by atoms with Crippen LogP contribution >= 0.6 is 34.8 Å². The van der Waals surface area contributed by atoms with Gasteiger partial charge in [-0.1, -0.05) is 59.9 Å². The molecule has 0 fully saturated rings. The summed E-state index contributed by atoms with van der Waals surface area (Å²) in [4.78, 5) is 23.7. The Bertz CT molecular complexity index is 1130. The molecule has 0 heterocycles. The second-order valence-corrected chi connectivity index (χ2v) is 8.51. The van der Waals surface area contributed by atoms with E-state index in [1.54, 1.807) is 0 Å². The largest absolute Gasteiger partial charge is 0.417 e. The van der Waals surface area contributed by atoms with Crippen LogP contribution in [0.25, 0.3) is 6.08 Å². The number of amides is 2. The van der Waals surface area contributed by atoms with E-state index in [2.05, 4.69) is 5.32 Å². The molecule has 0 aliphatic heterocycles. The molecule has 4 nitrogen and oxygen atoms in total. The summed E-state index contributed by atoms with van der Waals surface area (Å²) in [6, 6.07) is 3.05. The number of primary amides is 1. The maximum absolute atomic E-state index is 13.7. The summed E-state index contributed by atoms with van der Waals surface area (Å²) in [5, 5.41) is 1.50. The zero-order valence-corrected chi connectivity index (χ0v) is 20.0. The SMILES string of the molecule is CC[C@@H](NC(=O)c1ccc(C=CC(c2cc(Cl)c(Cl)c(Cl)c2)C(F)(F)F)cc1C(F)(F)F)C(N)=O. The Balaban J connectivity index is 2.49. The highest BCUT2D eigenvalue weighted by Gasteiger charge is 2.40. The Labute approximate surface area is 211 Å². The number of benzene rings is 2. The van der Waals surface area contributed by atoms with Gasteiger partial charge >= 0.3 is 12.4 Å². The van der Waals surface area contributed by atoms with Crippen LogP contribution in [0.4, 0.5) is 26.3 Å². The molecule has 2 atom stereocenters. The lowest BCUT2D eigenvalue weighted by atomic mass is 9.96. The number of carbonyl (C=O) groups is 2. The van der Waals surface area contributed by atoms with Gasteiger partial charge in [0.25, 0.3) is 5.91 Å². The van der Waals surface area contributed by atoms with E-state index in [4.69, 9.17) is 40.5 Å². The molecular formula is C22H17Cl3F6N2O2. The molecule has 0 saturated heterocycles. The number of allylic oxidation sites excluding steroid dienone is 1. The van der Waals surface area contributed by atoms with Crippen LogP contribution in [0.5, 0.6) is 0 Å². The number of hydrogen-bond donors (Lipinski definition) is 2. The van der Waals surface area contributed by atoms with Gasteiger partial charge in [-0.25, -0.2) is 0 Å². The highest BCUT2D eigenvalue weighted by Crippen LogP contribution is 2.41. The molecule has 0 saturated carbocycles. The molecule has 190 valence electrons. The van der Waals surface area contributed by atoms with Crippen LogP contribution in [0.3, 0.4) is 0 Å². The number of nitrogens with one attached hydrogen (secondary N) is 1. The highest BCUT2D eigenvalue weighted by atomic mass is 35.5. The Kier molecular flexibility index (Phi) is 9.13. The van der Waals surface area contributed by atoms with E-state index in [0.717, 1.165) is 30.3 Å². The number of halogens is 9. The number of rotatable bonds is 7. The third kappa shape index (κ3) is 7.28. The summed E-state index contributed by atoms with van der Waals surface area (Å²) in [6.45, 7) is 1.49. The van der Waals surface area contributed by atoms with Crippen LogP contribution in [-0.2, 0) is 11.0 Å². The number of nitrogens with two attached hydrogens (primary N) is 1. The van der Waals surface area contributed by atoms with Crippen molar-refractivity contribution in [1.29, 1.82) is 0 Å².